The zero-order chi connectivity index (χ0) is 20.0. The fraction of sp³-hybridized carbons (Fsp3) is 0.421. The number of carboxylic acid groups (broad SMARTS) is 1. The summed E-state index contributed by atoms with van der Waals surface area (Å²) >= 11 is 0. The van der Waals surface area contributed by atoms with Gasteiger partial charge < -0.3 is 26.1 Å². The number of aryl methyl sites for hydroxylation is 1. The van der Waals surface area contributed by atoms with E-state index < -0.39 is 28.5 Å². The number of nitrogens with zero attached hydrogens (tertiary/aromatic N) is 1. The number of carbonyl (C=O) groups is 1. The van der Waals surface area contributed by atoms with Crippen LogP contribution in [0.4, 0.5) is 10.1 Å². The molecule has 0 bridgehead atoms. The summed E-state index contributed by atoms with van der Waals surface area (Å²) in [5, 5.41) is 20.6. The molecule has 1 atom stereocenters. The molecule has 8 heteroatoms. The average molecular weight is 374 g/mol. The van der Waals surface area contributed by atoms with Crippen LogP contribution in [-0.2, 0) is 0 Å². The van der Waals surface area contributed by atoms with Gasteiger partial charge >= 0.3 is 5.97 Å². The molecule has 1 aromatic carbocycles. The molecule has 144 valence electrons. The smallest absolute Gasteiger partial charge is 0.341 e. The second-order valence-electron chi connectivity index (χ2n) is 7.14. The number of pyridine rings is 1. The zero-order valence-electron chi connectivity index (χ0n) is 15.5. The number of anilines is 1. The number of nitrogen functional groups attached to an aromatic ring is 1. The van der Waals surface area contributed by atoms with Crippen molar-refractivity contribution in [2.45, 2.75) is 45.2 Å². The second kappa shape index (κ2) is 6.77. The number of carboxylic acids is 1. The molecule has 0 radical (unpaired) electrons. The summed E-state index contributed by atoms with van der Waals surface area (Å²) in [6.45, 7) is 3.53. The molecule has 1 fully saturated rings. The quantitative estimate of drug-likeness (QED) is 0.457. The van der Waals surface area contributed by atoms with Gasteiger partial charge in [0.2, 0.25) is 5.43 Å². The van der Waals surface area contributed by atoms with E-state index in [4.69, 9.17) is 11.1 Å². The Kier molecular flexibility index (Phi) is 4.77. The van der Waals surface area contributed by atoms with Crippen LogP contribution in [0.15, 0.2) is 11.0 Å². The molecule has 5 N–H and O–H groups in total. The minimum absolute atomic E-state index is 0.0340. The summed E-state index contributed by atoms with van der Waals surface area (Å²) in [6.07, 6.45) is 3.30. The Hall–Kier alpha value is -2.74. The van der Waals surface area contributed by atoms with Gasteiger partial charge in [0.15, 0.2) is 5.82 Å². The van der Waals surface area contributed by atoms with E-state index in [1.165, 1.54) is 6.20 Å². The summed E-state index contributed by atoms with van der Waals surface area (Å²) < 4.78 is 16.8. The fourth-order valence-electron chi connectivity index (χ4n) is 3.45. The second-order valence-corrected chi connectivity index (χ2v) is 7.14. The topological polar surface area (TPSA) is 121 Å². The number of aromatic nitrogens is 1. The Morgan fingerprint density at radius 3 is 2.67 bits per heavy atom. The maximum absolute atomic E-state index is 15.1. The third-order valence-corrected chi connectivity index (χ3v) is 5.17. The van der Waals surface area contributed by atoms with Crippen LogP contribution in [0.25, 0.3) is 10.9 Å². The molecule has 1 saturated carbocycles. The maximum atomic E-state index is 15.1. The molecule has 1 aliphatic rings. The third kappa shape index (κ3) is 3.10. The van der Waals surface area contributed by atoms with E-state index in [1.807, 2.05) is 6.92 Å². The van der Waals surface area contributed by atoms with E-state index in [-0.39, 0.29) is 28.7 Å². The molecule has 1 heterocycles. The Labute approximate surface area is 155 Å². The van der Waals surface area contributed by atoms with Crippen molar-refractivity contribution < 1.29 is 14.3 Å². The Morgan fingerprint density at radius 1 is 1.52 bits per heavy atom. The van der Waals surface area contributed by atoms with Crippen molar-refractivity contribution in [2.24, 2.45) is 0 Å². The first-order valence-electron chi connectivity index (χ1n) is 8.83. The van der Waals surface area contributed by atoms with Crippen LogP contribution in [0.2, 0.25) is 0 Å². The van der Waals surface area contributed by atoms with Crippen molar-refractivity contribution in [3.8, 4) is 0 Å². The monoisotopic (exact) mass is 374 g/mol. The van der Waals surface area contributed by atoms with E-state index >= 15 is 4.39 Å². The number of nitrogens with one attached hydrogen (secondary N) is 2. The number of aromatic carboxylic acids is 1. The molecule has 0 aliphatic heterocycles. The van der Waals surface area contributed by atoms with Crippen LogP contribution in [-0.4, -0.2) is 34.4 Å². The molecule has 0 saturated heterocycles. The highest BCUT2D eigenvalue weighted by molar-refractivity contribution is 6.08. The highest BCUT2D eigenvalue weighted by Gasteiger charge is 2.31. The van der Waals surface area contributed by atoms with Gasteiger partial charge in [-0.3, -0.25) is 4.79 Å². The lowest BCUT2D eigenvalue weighted by Gasteiger charge is -2.20. The van der Waals surface area contributed by atoms with Crippen molar-refractivity contribution in [2.75, 3.05) is 12.8 Å². The first-order chi connectivity index (χ1) is 12.7. The van der Waals surface area contributed by atoms with Gasteiger partial charge in [-0.2, -0.15) is 0 Å². The van der Waals surface area contributed by atoms with Gasteiger partial charge in [-0.25, -0.2) is 9.18 Å². The summed E-state index contributed by atoms with van der Waals surface area (Å²) in [7, 11) is 1.76. The number of nitrogens with two attached hydrogens (primary N) is 1. The molecule has 1 unspecified atom stereocenters. The minimum atomic E-state index is -1.37. The molecule has 2 aromatic rings. The van der Waals surface area contributed by atoms with Gasteiger partial charge in [0.25, 0.3) is 0 Å². The molecule has 1 aromatic heterocycles. The van der Waals surface area contributed by atoms with Gasteiger partial charge in [0, 0.05) is 36.0 Å². The Bertz CT molecular complexity index is 1020. The van der Waals surface area contributed by atoms with Gasteiger partial charge in [0.1, 0.15) is 5.56 Å². The average Bonchev–Trinajstić information content (AvgIpc) is 3.44. The van der Waals surface area contributed by atoms with Crippen molar-refractivity contribution in [1.82, 2.24) is 9.88 Å². The van der Waals surface area contributed by atoms with E-state index in [1.54, 1.807) is 18.5 Å². The first-order valence-corrected chi connectivity index (χ1v) is 8.83. The van der Waals surface area contributed by atoms with Crippen LogP contribution in [0.5, 0.6) is 0 Å². The van der Waals surface area contributed by atoms with E-state index in [0.29, 0.717) is 17.5 Å². The number of fused-ring (bicyclic) bond motifs is 1. The molecule has 1 aliphatic carbocycles. The highest BCUT2D eigenvalue weighted by atomic mass is 19.1. The first kappa shape index (κ1) is 19.0. The third-order valence-electron chi connectivity index (χ3n) is 5.17. The Morgan fingerprint density at radius 2 is 2.15 bits per heavy atom. The van der Waals surface area contributed by atoms with Gasteiger partial charge in [-0.15, -0.1) is 0 Å². The minimum Gasteiger partial charge on any atom is -0.477 e. The number of halogens is 1. The number of hydrogen-bond acceptors (Lipinski definition) is 5. The van der Waals surface area contributed by atoms with Crippen LogP contribution in [0.3, 0.4) is 0 Å². The van der Waals surface area contributed by atoms with Crippen LogP contribution in [0, 0.1) is 18.2 Å². The lowest BCUT2D eigenvalue weighted by Crippen LogP contribution is -2.26. The predicted molar refractivity (Wildman–Crippen MR) is 103 cm³/mol. The van der Waals surface area contributed by atoms with Crippen molar-refractivity contribution in [1.29, 1.82) is 5.41 Å². The lowest BCUT2D eigenvalue weighted by molar-refractivity contribution is 0.0695. The van der Waals surface area contributed by atoms with Crippen LogP contribution < -0.4 is 16.5 Å². The number of benzene rings is 1. The molecule has 0 spiro atoms. The fourth-order valence-corrected chi connectivity index (χ4v) is 3.45. The largest absolute Gasteiger partial charge is 0.477 e. The summed E-state index contributed by atoms with van der Waals surface area (Å²) in [5.41, 5.74) is 5.36. The summed E-state index contributed by atoms with van der Waals surface area (Å²) in [5.74, 6) is -2.20. The van der Waals surface area contributed by atoms with Crippen molar-refractivity contribution in [3.05, 3.63) is 38.9 Å². The molecule has 7 nitrogen and oxygen atoms in total. The standard InChI is InChI=1S/C19H23FN4O3/c1-8(23-3)6-12(21)13-9(2)17-14(16(22)15(13)20)18(25)11(19(26)27)7-24(17)10-4-5-10/h7-8,10,21,23H,4-6,22H2,1-3H3,(H,26,27). The lowest BCUT2D eigenvalue weighted by atomic mass is 9.94. The highest BCUT2D eigenvalue weighted by Crippen LogP contribution is 2.40. The molecule has 0 amide bonds. The zero-order valence-corrected chi connectivity index (χ0v) is 15.5. The van der Waals surface area contributed by atoms with Crippen LogP contribution in [0.1, 0.15) is 53.7 Å². The van der Waals surface area contributed by atoms with Gasteiger partial charge in [0.05, 0.1) is 16.6 Å². The molecule has 3 rings (SSSR count). The molecular formula is C19H23FN4O3. The molecular weight excluding hydrogens is 351 g/mol. The maximum Gasteiger partial charge on any atom is 0.341 e. The Balaban J connectivity index is 2.38. The van der Waals surface area contributed by atoms with Gasteiger partial charge in [-0.1, -0.05) is 0 Å². The summed E-state index contributed by atoms with van der Waals surface area (Å²) in [6, 6.07) is 0.0151. The van der Waals surface area contributed by atoms with Crippen LogP contribution >= 0.6 is 0 Å². The number of rotatable bonds is 6. The normalized spacial score (nSPS) is 15.1. The molecule has 27 heavy (non-hydrogen) atoms. The van der Waals surface area contributed by atoms with Crippen molar-refractivity contribution >= 4 is 28.3 Å². The van der Waals surface area contributed by atoms with E-state index in [9.17, 15) is 14.7 Å². The van der Waals surface area contributed by atoms with E-state index in [0.717, 1.165) is 12.8 Å². The van der Waals surface area contributed by atoms with Gasteiger partial charge in [-0.05, 0) is 39.3 Å². The SMILES string of the molecule is CNC(C)CC(=N)c1c(F)c(N)c2c(=O)c(C(=O)O)cn(C3CC3)c2c1C. The summed E-state index contributed by atoms with van der Waals surface area (Å²) in [4.78, 5) is 24.2. The number of hydrogen-bond donors (Lipinski definition) is 4. The predicted octanol–water partition coefficient (Wildman–Crippen LogP) is 2.43. The van der Waals surface area contributed by atoms with E-state index in [2.05, 4.69) is 5.32 Å². The van der Waals surface area contributed by atoms with Crippen molar-refractivity contribution in [3.63, 3.8) is 0 Å².